The van der Waals surface area contributed by atoms with Crippen LogP contribution in [0.4, 0.5) is 0 Å². The summed E-state index contributed by atoms with van der Waals surface area (Å²) < 4.78 is 5.63. The van der Waals surface area contributed by atoms with E-state index in [0.29, 0.717) is 18.9 Å². The van der Waals surface area contributed by atoms with Gasteiger partial charge in [-0.25, -0.2) is 4.79 Å². The van der Waals surface area contributed by atoms with E-state index in [4.69, 9.17) is 4.74 Å². The molecule has 0 radical (unpaired) electrons. The lowest BCUT2D eigenvalue weighted by molar-refractivity contribution is -0.194. The SMILES string of the molecule is CCOC1CC(NC(=O)Cc2ccc(CC(C)C)cc2)(C(=O)O)C1(C)C. The maximum Gasteiger partial charge on any atom is 0.330 e. The van der Waals surface area contributed by atoms with Gasteiger partial charge in [0.2, 0.25) is 5.91 Å². The monoisotopic (exact) mass is 361 g/mol. The molecule has 0 spiro atoms. The van der Waals surface area contributed by atoms with Crippen LogP contribution < -0.4 is 5.32 Å². The van der Waals surface area contributed by atoms with Crippen LogP contribution >= 0.6 is 0 Å². The predicted molar refractivity (Wildman–Crippen MR) is 101 cm³/mol. The van der Waals surface area contributed by atoms with Gasteiger partial charge in [-0.15, -0.1) is 0 Å². The Bertz CT molecular complexity index is 650. The smallest absolute Gasteiger partial charge is 0.330 e. The first-order valence-electron chi connectivity index (χ1n) is 9.36. The van der Waals surface area contributed by atoms with Crippen molar-refractivity contribution in [3.63, 3.8) is 0 Å². The molecule has 2 rings (SSSR count). The number of rotatable bonds is 8. The number of carboxylic acids is 1. The third-order valence-corrected chi connectivity index (χ3v) is 5.51. The van der Waals surface area contributed by atoms with E-state index in [1.807, 2.05) is 45.0 Å². The van der Waals surface area contributed by atoms with Crippen LogP contribution in [0, 0.1) is 11.3 Å². The normalized spacial score (nSPS) is 24.2. The van der Waals surface area contributed by atoms with Crippen molar-refractivity contribution in [2.24, 2.45) is 11.3 Å². The highest BCUT2D eigenvalue weighted by molar-refractivity contribution is 5.90. The Balaban J connectivity index is 2.04. The third-order valence-electron chi connectivity index (χ3n) is 5.51. The fourth-order valence-corrected chi connectivity index (χ4v) is 3.77. The molecule has 1 fully saturated rings. The maximum absolute atomic E-state index is 12.5. The Morgan fingerprint density at radius 3 is 2.27 bits per heavy atom. The molecule has 5 nitrogen and oxygen atoms in total. The molecule has 1 saturated carbocycles. The summed E-state index contributed by atoms with van der Waals surface area (Å²) in [6, 6.07) is 7.96. The van der Waals surface area contributed by atoms with Crippen molar-refractivity contribution >= 4 is 11.9 Å². The Labute approximate surface area is 156 Å². The first-order chi connectivity index (χ1) is 12.1. The van der Waals surface area contributed by atoms with Gasteiger partial charge in [0.1, 0.15) is 5.54 Å². The zero-order valence-corrected chi connectivity index (χ0v) is 16.5. The summed E-state index contributed by atoms with van der Waals surface area (Å²) in [6.45, 7) is 10.4. The van der Waals surface area contributed by atoms with E-state index in [0.717, 1.165) is 12.0 Å². The Morgan fingerprint density at radius 2 is 1.81 bits per heavy atom. The maximum atomic E-state index is 12.5. The van der Waals surface area contributed by atoms with Crippen molar-refractivity contribution < 1.29 is 19.4 Å². The molecule has 1 aromatic carbocycles. The van der Waals surface area contributed by atoms with Crippen molar-refractivity contribution in [1.29, 1.82) is 0 Å². The molecule has 0 aliphatic heterocycles. The predicted octanol–water partition coefficient (Wildman–Crippen LogP) is 3.20. The molecule has 0 heterocycles. The number of carbonyl (C=O) groups is 2. The Kier molecular flexibility index (Phi) is 6.12. The molecule has 0 aromatic heterocycles. The summed E-state index contributed by atoms with van der Waals surface area (Å²) in [6.07, 6.45) is 1.30. The van der Waals surface area contributed by atoms with E-state index < -0.39 is 16.9 Å². The summed E-state index contributed by atoms with van der Waals surface area (Å²) in [5.74, 6) is -0.690. The van der Waals surface area contributed by atoms with Crippen LogP contribution in [0.3, 0.4) is 0 Å². The molecule has 144 valence electrons. The molecule has 2 atom stereocenters. The van der Waals surface area contributed by atoms with Crippen molar-refractivity contribution in [2.45, 2.75) is 65.5 Å². The van der Waals surface area contributed by atoms with Crippen LogP contribution in [0.1, 0.15) is 52.2 Å². The molecule has 1 amide bonds. The van der Waals surface area contributed by atoms with Gasteiger partial charge in [0.05, 0.1) is 12.5 Å². The average Bonchev–Trinajstić information content (AvgIpc) is 2.54. The second-order valence-corrected chi connectivity index (χ2v) is 8.22. The van der Waals surface area contributed by atoms with E-state index in [1.54, 1.807) is 0 Å². The second-order valence-electron chi connectivity index (χ2n) is 8.22. The average molecular weight is 361 g/mol. The minimum atomic E-state index is -1.28. The van der Waals surface area contributed by atoms with Crippen molar-refractivity contribution in [3.8, 4) is 0 Å². The lowest BCUT2D eigenvalue weighted by Crippen LogP contribution is -2.76. The summed E-state index contributed by atoms with van der Waals surface area (Å²) in [7, 11) is 0. The molecule has 1 aromatic rings. The van der Waals surface area contributed by atoms with Crippen molar-refractivity contribution in [1.82, 2.24) is 5.32 Å². The summed E-state index contributed by atoms with van der Waals surface area (Å²) in [5.41, 5.74) is 0.188. The highest BCUT2D eigenvalue weighted by Gasteiger charge is 2.66. The first kappa shape index (κ1) is 20.4. The van der Waals surface area contributed by atoms with Crippen molar-refractivity contribution in [2.75, 3.05) is 6.61 Å². The molecule has 0 saturated heterocycles. The molecular weight excluding hydrogens is 330 g/mol. The minimum absolute atomic E-state index is 0.167. The number of benzene rings is 1. The van der Waals surface area contributed by atoms with Crippen LogP contribution in [-0.2, 0) is 27.2 Å². The number of aliphatic carboxylic acids is 1. The topological polar surface area (TPSA) is 75.6 Å². The number of amides is 1. The van der Waals surface area contributed by atoms with Crippen LogP contribution in [0.5, 0.6) is 0 Å². The molecule has 2 unspecified atom stereocenters. The molecule has 2 N–H and O–H groups in total. The zero-order chi connectivity index (χ0) is 19.5. The quantitative estimate of drug-likeness (QED) is 0.745. The van der Waals surface area contributed by atoms with Gasteiger partial charge in [-0.1, -0.05) is 52.0 Å². The number of carbonyl (C=O) groups excluding carboxylic acids is 1. The largest absolute Gasteiger partial charge is 0.479 e. The highest BCUT2D eigenvalue weighted by atomic mass is 16.5. The van der Waals surface area contributed by atoms with Crippen molar-refractivity contribution in [3.05, 3.63) is 35.4 Å². The molecule has 26 heavy (non-hydrogen) atoms. The highest BCUT2D eigenvalue weighted by Crippen LogP contribution is 2.51. The summed E-state index contributed by atoms with van der Waals surface area (Å²) >= 11 is 0. The van der Waals surface area contributed by atoms with Crippen LogP contribution in [0.25, 0.3) is 0 Å². The third kappa shape index (κ3) is 3.93. The van der Waals surface area contributed by atoms with Gasteiger partial charge in [0.25, 0.3) is 0 Å². The molecule has 5 heteroatoms. The van der Waals surface area contributed by atoms with Gasteiger partial charge in [0, 0.05) is 18.4 Å². The number of hydrogen-bond donors (Lipinski definition) is 2. The fraction of sp³-hybridized carbons (Fsp3) is 0.619. The minimum Gasteiger partial charge on any atom is -0.479 e. The van der Waals surface area contributed by atoms with Crippen LogP contribution in [-0.4, -0.2) is 35.2 Å². The number of ether oxygens (including phenoxy) is 1. The fourth-order valence-electron chi connectivity index (χ4n) is 3.77. The number of carboxylic acid groups (broad SMARTS) is 1. The lowest BCUT2D eigenvalue weighted by atomic mass is 9.54. The van der Waals surface area contributed by atoms with Crippen LogP contribution in [0.2, 0.25) is 0 Å². The van der Waals surface area contributed by atoms with Gasteiger partial charge in [-0.3, -0.25) is 4.79 Å². The summed E-state index contributed by atoms with van der Waals surface area (Å²) in [5, 5.41) is 12.6. The van der Waals surface area contributed by atoms with E-state index in [2.05, 4.69) is 19.2 Å². The summed E-state index contributed by atoms with van der Waals surface area (Å²) in [4.78, 5) is 24.5. The Hall–Kier alpha value is -1.88. The molecule has 1 aliphatic carbocycles. The standard InChI is InChI=1S/C21H31NO4/c1-6-26-17-13-21(19(24)25,20(17,4)5)22-18(23)12-16-9-7-15(8-10-16)11-14(2)3/h7-10,14,17H,6,11-13H2,1-5H3,(H,22,23)(H,24,25). The van der Waals surface area contributed by atoms with E-state index in [1.165, 1.54) is 5.56 Å². The molecule has 1 aliphatic rings. The van der Waals surface area contributed by atoms with Crippen LogP contribution in [0.15, 0.2) is 24.3 Å². The van der Waals surface area contributed by atoms with Gasteiger partial charge < -0.3 is 15.2 Å². The Morgan fingerprint density at radius 1 is 1.23 bits per heavy atom. The van der Waals surface area contributed by atoms with Gasteiger partial charge >= 0.3 is 5.97 Å². The number of nitrogens with one attached hydrogen (secondary N) is 1. The van der Waals surface area contributed by atoms with Gasteiger partial charge in [0.15, 0.2) is 0 Å². The lowest BCUT2D eigenvalue weighted by Gasteiger charge is -2.58. The van der Waals surface area contributed by atoms with E-state index >= 15 is 0 Å². The molecular formula is C21H31NO4. The number of hydrogen-bond acceptors (Lipinski definition) is 3. The van der Waals surface area contributed by atoms with E-state index in [9.17, 15) is 14.7 Å². The van der Waals surface area contributed by atoms with Gasteiger partial charge in [-0.2, -0.15) is 0 Å². The molecule has 0 bridgehead atoms. The van der Waals surface area contributed by atoms with E-state index in [-0.39, 0.29) is 18.4 Å². The first-order valence-corrected chi connectivity index (χ1v) is 9.36. The zero-order valence-electron chi connectivity index (χ0n) is 16.5. The van der Waals surface area contributed by atoms with Gasteiger partial charge in [-0.05, 0) is 30.4 Å². The second kappa shape index (κ2) is 7.78.